The highest BCUT2D eigenvalue weighted by Crippen LogP contribution is 2.33. The van der Waals surface area contributed by atoms with E-state index in [9.17, 15) is 9.59 Å². The summed E-state index contributed by atoms with van der Waals surface area (Å²) in [6, 6.07) is 24.7. The van der Waals surface area contributed by atoms with Crippen molar-refractivity contribution >= 4 is 28.3 Å². The minimum absolute atomic E-state index is 0.0207. The fraction of sp³-hybridized carbons (Fsp3) is 0.345. The van der Waals surface area contributed by atoms with Gasteiger partial charge in [0.25, 0.3) is 5.91 Å². The van der Waals surface area contributed by atoms with E-state index in [1.807, 2.05) is 30.3 Å². The smallest absolute Gasteiger partial charge is 0.257 e. The summed E-state index contributed by atoms with van der Waals surface area (Å²) in [4.78, 5) is 29.8. The Labute approximate surface area is 206 Å². The van der Waals surface area contributed by atoms with Crippen LogP contribution in [0.1, 0.15) is 36.4 Å². The number of nitrogens with zero attached hydrogens (tertiary/aromatic N) is 4. The summed E-state index contributed by atoms with van der Waals surface area (Å²) in [6.07, 6.45) is 2.48. The minimum Gasteiger partial charge on any atom is -0.349 e. The SMILES string of the molecule is CN(C)C(=O)C1CCCN(CC(=O)N2N=C(c3ccc4ccccc4c3)CC2c2ccccc2)C1. The van der Waals surface area contributed by atoms with E-state index in [4.69, 9.17) is 5.10 Å². The van der Waals surface area contributed by atoms with Gasteiger partial charge >= 0.3 is 0 Å². The van der Waals surface area contributed by atoms with E-state index in [2.05, 4.69) is 47.4 Å². The summed E-state index contributed by atoms with van der Waals surface area (Å²) in [5.41, 5.74) is 3.06. The van der Waals surface area contributed by atoms with Gasteiger partial charge in [-0.05, 0) is 47.4 Å². The second kappa shape index (κ2) is 10.0. The summed E-state index contributed by atoms with van der Waals surface area (Å²) in [7, 11) is 3.59. The van der Waals surface area contributed by atoms with E-state index in [0.29, 0.717) is 13.0 Å². The highest BCUT2D eigenvalue weighted by atomic mass is 16.2. The molecule has 0 aromatic heterocycles. The van der Waals surface area contributed by atoms with Gasteiger partial charge in [0.15, 0.2) is 0 Å². The zero-order valence-corrected chi connectivity index (χ0v) is 20.4. The van der Waals surface area contributed by atoms with Crippen molar-refractivity contribution in [2.24, 2.45) is 11.0 Å². The van der Waals surface area contributed by atoms with Gasteiger partial charge < -0.3 is 4.90 Å². The molecule has 3 aromatic rings. The molecule has 0 aliphatic carbocycles. The first-order valence-electron chi connectivity index (χ1n) is 12.4. The molecule has 0 N–H and O–H groups in total. The lowest BCUT2D eigenvalue weighted by molar-refractivity contribution is -0.138. The van der Waals surface area contributed by atoms with Gasteiger partial charge in [-0.15, -0.1) is 0 Å². The molecular weight excluding hydrogens is 436 g/mol. The monoisotopic (exact) mass is 468 g/mol. The van der Waals surface area contributed by atoms with Crippen LogP contribution in [0.15, 0.2) is 77.9 Å². The summed E-state index contributed by atoms with van der Waals surface area (Å²) >= 11 is 0. The van der Waals surface area contributed by atoms with E-state index < -0.39 is 0 Å². The molecular formula is C29H32N4O2. The first kappa shape index (κ1) is 23.2. The Hall–Kier alpha value is -3.51. The van der Waals surface area contributed by atoms with E-state index in [1.165, 1.54) is 10.8 Å². The standard InChI is InChI=1S/C29H32N4O2/c1-31(2)29(35)25-13-8-16-32(19-25)20-28(34)33-27(22-10-4-3-5-11-22)18-26(30-33)24-15-14-21-9-6-7-12-23(21)17-24/h3-7,9-12,14-15,17,25,27H,8,13,16,18-20H2,1-2H3. The first-order valence-corrected chi connectivity index (χ1v) is 12.4. The molecule has 1 fully saturated rings. The summed E-state index contributed by atoms with van der Waals surface area (Å²) in [5, 5.41) is 8.90. The zero-order valence-electron chi connectivity index (χ0n) is 20.4. The lowest BCUT2D eigenvalue weighted by Gasteiger charge is -2.33. The molecule has 2 unspecified atom stereocenters. The number of hydrogen-bond acceptors (Lipinski definition) is 4. The van der Waals surface area contributed by atoms with Crippen LogP contribution in [-0.2, 0) is 9.59 Å². The van der Waals surface area contributed by atoms with Crippen molar-refractivity contribution in [3.63, 3.8) is 0 Å². The number of fused-ring (bicyclic) bond motifs is 1. The minimum atomic E-state index is -0.130. The third-order valence-electron chi connectivity index (χ3n) is 7.09. The lowest BCUT2D eigenvalue weighted by atomic mass is 9.96. The fourth-order valence-electron chi connectivity index (χ4n) is 5.25. The molecule has 3 aromatic carbocycles. The van der Waals surface area contributed by atoms with Crippen LogP contribution in [0.25, 0.3) is 10.8 Å². The molecule has 2 heterocycles. The molecule has 2 amide bonds. The van der Waals surface area contributed by atoms with Crippen LogP contribution < -0.4 is 0 Å². The summed E-state index contributed by atoms with van der Waals surface area (Å²) in [6.45, 7) is 1.72. The number of hydrogen-bond donors (Lipinski definition) is 0. The van der Waals surface area contributed by atoms with Crippen LogP contribution in [-0.4, -0.2) is 66.1 Å². The second-order valence-electron chi connectivity index (χ2n) is 9.78. The van der Waals surface area contributed by atoms with E-state index >= 15 is 0 Å². The van der Waals surface area contributed by atoms with E-state index in [1.54, 1.807) is 24.0 Å². The number of hydrazone groups is 1. The molecule has 180 valence electrons. The third kappa shape index (κ3) is 4.98. The molecule has 6 nitrogen and oxygen atoms in total. The van der Waals surface area contributed by atoms with Crippen molar-refractivity contribution in [1.82, 2.24) is 14.8 Å². The van der Waals surface area contributed by atoms with Gasteiger partial charge in [-0.1, -0.05) is 66.7 Å². The number of carbonyl (C=O) groups is 2. The molecule has 0 radical (unpaired) electrons. The van der Waals surface area contributed by atoms with Gasteiger partial charge in [0.1, 0.15) is 0 Å². The molecule has 0 bridgehead atoms. The van der Waals surface area contributed by atoms with Crippen molar-refractivity contribution in [1.29, 1.82) is 0 Å². The van der Waals surface area contributed by atoms with Gasteiger partial charge in [-0.25, -0.2) is 5.01 Å². The first-order chi connectivity index (χ1) is 17.0. The van der Waals surface area contributed by atoms with Crippen LogP contribution >= 0.6 is 0 Å². The van der Waals surface area contributed by atoms with Crippen LogP contribution in [0.4, 0.5) is 0 Å². The van der Waals surface area contributed by atoms with Gasteiger partial charge in [-0.2, -0.15) is 5.10 Å². The maximum Gasteiger partial charge on any atom is 0.257 e. The number of likely N-dealkylation sites (tertiary alicyclic amines) is 1. The number of piperidine rings is 1. The molecule has 2 aliphatic rings. The van der Waals surface area contributed by atoms with E-state index in [-0.39, 0.29) is 30.3 Å². The number of carbonyl (C=O) groups excluding carboxylic acids is 2. The van der Waals surface area contributed by atoms with Gasteiger partial charge in [0.05, 0.1) is 24.2 Å². The molecule has 2 aliphatic heterocycles. The Balaban J connectivity index is 1.39. The van der Waals surface area contributed by atoms with Crippen LogP contribution in [0.3, 0.4) is 0 Å². The number of rotatable bonds is 5. The Kier molecular flexibility index (Phi) is 6.64. The predicted octanol–water partition coefficient (Wildman–Crippen LogP) is 4.32. The van der Waals surface area contributed by atoms with Crippen molar-refractivity contribution in [3.8, 4) is 0 Å². The molecule has 6 heteroatoms. The van der Waals surface area contributed by atoms with Gasteiger partial charge in [0.2, 0.25) is 5.91 Å². The van der Waals surface area contributed by atoms with Crippen molar-refractivity contribution in [2.75, 3.05) is 33.7 Å². The Morgan fingerprint density at radius 1 is 0.971 bits per heavy atom. The van der Waals surface area contributed by atoms with Crippen LogP contribution in [0, 0.1) is 5.92 Å². The molecule has 2 atom stereocenters. The molecule has 0 spiro atoms. The Bertz CT molecular complexity index is 1250. The highest BCUT2D eigenvalue weighted by molar-refractivity contribution is 6.05. The topological polar surface area (TPSA) is 56.2 Å². The van der Waals surface area contributed by atoms with Crippen LogP contribution in [0.5, 0.6) is 0 Å². The van der Waals surface area contributed by atoms with Crippen molar-refractivity contribution < 1.29 is 9.59 Å². The maximum atomic E-state index is 13.6. The average molecular weight is 469 g/mol. The van der Waals surface area contributed by atoms with Gasteiger partial charge in [0, 0.05) is 27.1 Å². The maximum absolute atomic E-state index is 13.6. The molecule has 35 heavy (non-hydrogen) atoms. The molecule has 0 saturated carbocycles. The van der Waals surface area contributed by atoms with Gasteiger partial charge in [-0.3, -0.25) is 14.5 Å². The Morgan fingerprint density at radius 2 is 1.71 bits per heavy atom. The van der Waals surface area contributed by atoms with Crippen LogP contribution in [0.2, 0.25) is 0 Å². The zero-order chi connectivity index (χ0) is 24.4. The highest BCUT2D eigenvalue weighted by Gasteiger charge is 2.35. The second-order valence-corrected chi connectivity index (χ2v) is 9.78. The Morgan fingerprint density at radius 3 is 2.49 bits per heavy atom. The number of amides is 2. The van der Waals surface area contributed by atoms with Crippen molar-refractivity contribution in [3.05, 3.63) is 83.9 Å². The molecule has 5 rings (SSSR count). The number of benzene rings is 3. The fourth-order valence-corrected chi connectivity index (χ4v) is 5.25. The largest absolute Gasteiger partial charge is 0.349 e. The van der Waals surface area contributed by atoms with E-state index in [0.717, 1.165) is 36.2 Å². The summed E-state index contributed by atoms with van der Waals surface area (Å²) < 4.78 is 0. The normalized spacial score (nSPS) is 20.6. The summed E-state index contributed by atoms with van der Waals surface area (Å²) in [5.74, 6) is 0.0707. The average Bonchev–Trinajstić information content (AvgIpc) is 3.34. The molecule has 1 saturated heterocycles. The quantitative estimate of drug-likeness (QED) is 0.561. The lowest BCUT2D eigenvalue weighted by Crippen LogP contribution is -2.46. The van der Waals surface area contributed by atoms with Crippen molar-refractivity contribution in [2.45, 2.75) is 25.3 Å². The predicted molar refractivity (Wildman–Crippen MR) is 139 cm³/mol. The third-order valence-corrected chi connectivity index (χ3v) is 7.09.